The van der Waals surface area contributed by atoms with E-state index in [0.29, 0.717) is 11.3 Å². The van der Waals surface area contributed by atoms with Gasteiger partial charge in [0, 0.05) is 18.4 Å². The zero-order valence-electron chi connectivity index (χ0n) is 11.0. The quantitative estimate of drug-likeness (QED) is 0.919. The molecule has 2 aromatic rings. The number of rotatable bonds is 4. The molecule has 0 aliphatic carbocycles. The molecule has 0 spiro atoms. The molecular weight excluding hydrogens is 243 g/mol. The third-order valence-electron chi connectivity index (χ3n) is 2.90. The van der Waals surface area contributed by atoms with Crippen LogP contribution in [-0.4, -0.2) is 11.0 Å². The van der Waals surface area contributed by atoms with Crippen LogP contribution >= 0.6 is 0 Å². The number of aromatic nitrogens is 1. The number of nitrogens with two attached hydrogens (primary N) is 1. The van der Waals surface area contributed by atoms with Crippen LogP contribution in [0.1, 0.15) is 24.2 Å². The van der Waals surface area contributed by atoms with E-state index in [1.54, 1.807) is 31.5 Å². The van der Waals surface area contributed by atoms with Crippen LogP contribution < -0.4 is 10.5 Å². The minimum Gasteiger partial charge on any atom is -0.484 e. The Morgan fingerprint density at radius 3 is 2.47 bits per heavy atom. The number of benzene rings is 1. The zero-order valence-corrected chi connectivity index (χ0v) is 11.0. The van der Waals surface area contributed by atoms with Gasteiger partial charge < -0.3 is 10.5 Å². The Labute approximate surface area is 112 Å². The lowest BCUT2D eigenvalue weighted by Crippen LogP contribution is -2.29. The Hall–Kier alpha value is -1.94. The van der Waals surface area contributed by atoms with Crippen molar-refractivity contribution in [2.45, 2.75) is 26.0 Å². The molecule has 0 bridgehead atoms. The smallest absolute Gasteiger partial charge is 0.139 e. The van der Waals surface area contributed by atoms with Crippen LogP contribution in [0.25, 0.3) is 0 Å². The van der Waals surface area contributed by atoms with Crippen LogP contribution in [0.15, 0.2) is 42.7 Å². The second-order valence-electron chi connectivity index (χ2n) is 4.59. The van der Waals surface area contributed by atoms with Gasteiger partial charge in [0.2, 0.25) is 0 Å². The number of halogens is 1. The van der Waals surface area contributed by atoms with Gasteiger partial charge in [-0.2, -0.15) is 0 Å². The minimum absolute atomic E-state index is 0.187. The highest BCUT2D eigenvalue weighted by atomic mass is 19.1. The molecule has 100 valence electrons. The van der Waals surface area contributed by atoms with Crippen LogP contribution in [0.2, 0.25) is 0 Å². The topological polar surface area (TPSA) is 48.1 Å². The molecule has 0 aliphatic rings. The largest absolute Gasteiger partial charge is 0.484 e. The fourth-order valence-electron chi connectivity index (χ4n) is 1.87. The van der Waals surface area contributed by atoms with E-state index in [-0.39, 0.29) is 18.0 Å². The van der Waals surface area contributed by atoms with Gasteiger partial charge in [-0.05, 0) is 55.3 Å². The average Bonchev–Trinajstić information content (AvgIpc) is 2.40. The van der Waals surface area contributed by atoms with Gasteiger partial charge in [0.25, 0.3) is 0 Å². The summed E-state index contributed by atoms with van der Waals surface area (Å²) in [5.41, 5.74) is 7.47. The van der Waals surface area contributed by atoms with Crippen molar-refractivity contribution in [1.29, 1.82) is 0 Å². The van der Waals surface area contributed by atoms with Gasteiger partial charge in [0.15, 0.2) is 0 Å². The molecule has 0 amide bonds. The number of nitrogens with zero attached hydrogens (tertiary/aromatic N) is 1. The Bertz CT molecular complexity index is 543. The summed E-state index contributed by atoms with van der Waals surface area (Å²) >= 11 is 0. The highest BCUT2D eigenvalue weighted by Gasteiger charge is 2.18. The lowest BCUT2D eigenvalue weighted by atomic mass is 10.1. The standard InChI is InChI=1S/C15H17FN2O/c1-10-9-13(3-4-14(10)16)19-15(11(2)17)12-5-7-18-8-6-12/h3-9,11,15H,17H2,1-2H3. The summed E-state index contributed by atoms with van der Waals surface area (Å²) in [7, 11) is 0. The summed E-state index contributed by atoms with van der Waals surface area (Å²) < 4.78 is 19.1. The molecule has 1 aromatic carbocycles. The maximum absolute atomic E-state index is 13.2. The van der Waals surface area contributed by atoms with Crippen LogP contribution in [-0.2, 0) is 0 Å². The average molecular weight is 260 g/mol. The summed E-state index contributed by atoms with van der Waals surface area (Å²) in [5, 5.41) is 0. The lowest BCUT2D eigenvalue weighted by Gasteiger charge is -2.23. The highest BCUT2D eigenvalue weighted by Crippen LogP contribution is 2.25. The molecule has 3 nitrogen and oxygen atoms in total. The van der Waals surface area contributed by atoms with Gasteiger partial charge in [0.05, 0.1) is 0 Å². The Morgan fingerprint density at radius 2 is 1.89 bits per heavy atom. The lowest BCUT2D eigenvalue weighted by molar-refractivity contribution is 0.180. The summed E-state index contributed by atoms with van der Waals surface area (Å²) in [6.07, 6.45) is 3.11. The fourth-order valence-corrected chi connectivity index (χ4v) is 1.87. The maximum Gasteiger partial charge on any atom is 0.139 e. The minimum atomic E-state index is -0.284. The molecule has 1 aromatic heterocycles. The van der Waals surface area contributed by atoms with E-state index >= 15 is 0 Å². The molecular formula is C15H17FN2O. The van der Waals surface area contributed by atoms with Crippen LogP contribution in [0.3, 0.4) is 0 Å². The highest BCUT2D eigenvalue weighted by molar-refractivity contribution is 5.30. The van der Waals surface area contributed by atoms with Gasteiger partial charge in [0.1, 0.15) is 17.7 Å². The Morgan fingerprint density at radius 1 is 1.21 bits per heavy atom. The van der Waals surface area contributed by atoms with Crippen molar-refractivity contribution in [2.24, 2.45) is 5.73 Å². The predicted octanol–water partition coefficient (Wildman–Crippen LogP) is 3.00. The molecule has 0 saturated heterocycles. The van der Waals surface area contributed by atoms with E-state index < -0.39 is 0 Å². The van der Waals surface area contributed by atoms with Crippen LogP contribution in [0, 0.1) is 12.7 Å². The molecule has 2 rings (SSSR count). The third kappa shape index (κ3) is 3.29. The van der Waals surface area contributed by atoms with Crippen molar-refractivity contribution in [2.75, 3.05) is 0 Å². The first-order valence-electron chi connectivity index (χ1n) is 6.16. The molecule has 4 heteroatoms. The molecule has 19 heavy (non-hydrogen) atoms. The van der Waals surface area contributed by atoms with E-state index in [4.69, 9.17) is 10.5 Å². The van der Waals surface area contributed by atoms with E-state index in [1.807, 2.05) is 19.1 Å². The number of hydrogen-bond donors (Lipinski definition) is 1. The van der Waals surface area contributed by atoms with Crippen LogP contribution in [0.5, 0.6) is 5.75 Å². The van der Waals surface area contributed by atoms with Crippen LogP contribution in [0.4, 0.5) is 4.39 Å². The summed E-state index contributed by atoms with van der Waals surface area (Å²) in [6.45, 7) is 3.58. The Balaban J connectivity index is 2.24. The number of aryl methyl sites for hydroxylation is 1. The van der Waals surface area contributed by atoms with Gasteiger partial charge in [-0.3, -0.25) is 4.98 Å². The normalized spacial score (nSPS) is 13.9. The van der Waals surface area contributed by atoms with Gasteiger partial charge in [-0.25, -0.2) is 4.39 Å². The van der Waals surface area contributed by atoms with E-state index in [0.717, 1.165) is 5.56 Å². The zero-order chi connectivity index (χ0) is 13.8. The second kappa shape index (κ2) is 5.80. The summed E-state index contributed by atoms with van der Waals surface area (Å²) in [6, 6.07) is 8.22. The first kappa shape index (κ1) is 13.5. The molecule has 1 heterocycles. The summed E-state index contributed by atoms with van der Waals surface area (Å²) in [5.74, 6) is 0.367. The monoisotopic (exact) mass is 260 g/mol. The van der Waals surface area contributed by atoms with Crippen molar-refractivity contribution in [3.05, 3.63) is 59.7 Å². The van der Waals surface area contributed by atoms with Gasteiger partial charge in [-0.15, -0.1) is 0 Å². The molecule has 0 fully saturated rings. The van der Waals surface area contributed by atoms with Gasteiger partial charge >= 0.3 is 0 Å². The fraction of sp³-hybridized carbons (Fsp3) is 0.267. The molecule has 2 atom stereocenters. The first-order chi connectivity index (χ1) is 9.08. The number of ether oxygens (including phenoxy) is 1. The van der Waals surface area contributed by atoms with E-state index in [1.165, 1.54) is 6.07 Å². The van der Waals surface area contributed by atoms with Crippen molar-refractivity contribution in [3.8, 4) is 5.75 Å². The second-order valence-corrected chi connectivity index (χ2v) is 4.59. The SMILES string of the molecule is Cc1cc(OC(c2ccncc2)C(C)N)ccc1F. The van der Waals surface area contributed by atoms with Gasteiger partial charge in [-0.1, -0.05) is 0 Å². The van der Waals surface area contributed by atoms with Crippen molar-refractivity contribution >= 4 is 0 Å². The number of hydrogen-bond acceptors (Lipinski definition) is 3. The molecule has 2 N–H and O–H groups in total. The van der Waals surface area contributed by atoms with E-state index in [2.05, 4.69) is 4.98 Å². The molecule has 0 saturated carbocycles. The summed E-state index contributed by atoms with van der Waals surface area (Å²) in [4.78, 5) is 3.97. The third-order valence-corrected chi connectivity index (χ3v) is 2.90. The van der Waals surface area contributed by atoms with Crippen molar-refractivity contribution in [3.63, 3.8) is 0 Å². The molecule has 2 unspecified atom stereocenters. The Kier molecular flexibility index (Phi) is 4.12. The van der Waals surface area contributed by atoms with E-state index in [9.17, 15) is 4.39 Å². The molecule has 0 radical (unpaired) electrons. The van der Waals surface area contributed by atoms with Crippen molar-refractivity contribution < 1.29 is 9.13 Å². The van der Waals surface area contributed by atoms with Crippen molar-refractivity contribution in [1.82, 2.24) is 4.98 Å². The number of pyridine rings is 1. The first-order valence-corrected chi connectivity index (χ1v) is 6.16. The maximum atomic E-state index is 13.2. The molecule has 0 aliphatic heterocycles. The predicted molar refractivity (Wildman–Crippen MR) is 72.4 cm³/mol.